The fourth-order valence-electron chi connectivity index (χ4n) is 0.678. The van der Waals surface area contributed by atoms with Gasteiger partial charge in [-0.15, -0.1) is 0 Å². The predicted octanol–water partition coefficient (Wildman–Crippen LogP) is 1.20. The van der Waals surface area contributed by atoms with Gasteiger partial charge in [-0.05, 0) is 27.7 Å². The van der Waals surface area contributed by atoms with Crippen molar-refractivity contribution in [3.05, 3.63) is 0 Å². The van der Waals surface area contributed by atoms with Crippen molar-refractivity contribution in [1.82, 2.24) is 0 Å². The summed E-state index contributed by atoms with van der Waals surface area (Å²) in [6, 6.07) is 0. The van der Waals surface area contributed by atoms with Gasteiger partial charge < -0.3 is 14.6 Å². The van der Waals surface area contributed by atoms with Crippen LogP contribution in [0.3, 0.4) is 0 Å². The molecule has 0 aromatic rings. The SMILES string of the molecule is CCOCC(C)OCC(C)(C)O. The molecule has 0 amide bonds. The van der Waals surface area contributed by atoms with E-state index in [0.717, 1.165) is 0 Å². The van der Waals surface area contributed by atoms with Gasteiger partial charge in [0.15, 0.2) is 0 Å². The topological polar surface area (TPSA) is 38.7 Å². The second-order valence-electron chi connectivity index (χ2n) is 3.59. The van der Waals surface area contributed by atoms with Crippen LogP contribution in [0.2, 0.25) is 0 Å². The molecule has 0 aliphatic carbocycles. The Labute approximate surface area is 74.7 Å². The van der Waals surface area contributed by atoms with Gasteiger partial charge in [0.25, 0.3) is 0 Å². The molecule has 0 rings (SSSR count). The van der Waals surface area contributed by atoms with Crippen LogP contribution in [0.15, 0.2) is 0 Å². The van der Waals surface area contributed by atoms with E-state index >= 15 is 0 Å². The molecule has 0 saturated heterocycles. The highest BCUT2D eigenvalue weighted by Crippen LogP contribution is 2.03. The molecule has 1 N–H and O–H groups in total. The highest BCUT2D eigenvalue weighted by Gasteiger charge is 2.14. The van der Waals surface area contributed by atoms with E-state index in [1.54, 1.807) is 13.8 Å². The first-order chi connectivity index (χ1) is 5.45. The van der Waals surface area contributed by atoms with Crippen LogP contribution in [0.5, 0.6) is 0 Å². The van der Waals surface area contributed by atoms with E-state index in [1.165, 1.54) is 0 Å². The standard InChI is InChI=1S/C9H20O3/c1-5-11-6-8(2)12-7-9(3,4)10/h8,10H,5-7H2,1-4H3. The van der Waals surface area contributed by atoms with Crippen LogP contribution >= 0.6 is 0 Å². The van der Waals surface area contributed by atoms with Gasteiger partial charge in [-0.3, -0.25) is 0 Å². The van der Waals surface area contributed by atoms with Crippen molar-refractivity contribution in [2.45, 2.75) is 39.4 Å². The lowest BCUT2D eigenvalue weighted by atomic mass is 10.2. The molecule has 0 fully saturated rings. The molecule has 0 heterocycles. The Hall–Kier alpha value is -0.120. The number of hydrogen-bond acceptors (Lipinski definition) is 3. The van der Waals surface area contributed by atoms with Gasteiger partial charge in [0.05, 0.1) is 24.9 Å². The van der Waals surface area contributed by atoms with Crippen LogP contribution < -0.4 is 0 Å². The lowest BCUT2D eigenvalue weighted by molar-refractivity contribution is -0.0700. The summed E-state index contributed by atoms with van der Waals surface area (Å²) in [7, 11) is 0. The van der Waals surface area contributed by atoms with Gasteiger partial charge in [-0.25, -0.2) is 0 Å². The number of hydrogen-bond donors (Lipinski definition) is 1. The van der Waals surface area contributed by atoms with Crippen molar-refractivity contribution in [2.24, 2.45) is 0 Å². The molecule has 3 nitrogen and oxygen atoms in total. The second-order valence-corrected chi connectivity index (χ2v) is 3.59. The Morgan fingerprint density at radius 1 is 1.42 bits per heavy atom. The minimum atomic E-state index is -0.750. The highest BCUT2D eigenvalue weighted by atomic mass is 16.5. The monoisotopic (exact) mass is 176 g/mol. The first-order valence-corrected chi connectivity index (χ1v) is 4.37. The predicted molar refractivity (Wildman–Crippen MR) is 48.2 cm³/mol. The maximum absolute atomic E-state index is 9.33. The molecular weight excluding hydrogens is 156 g/mol. The van der Waals surface area contributed by atoms with Gasteiger partial charge in [0.2, 0.25) is 0 Å². The lowest BCUT2D eigenvalue weighted by Crippen LogP contribution is -2.30. The fraction of sp³-hybridized carbons (Fsp3) is 1.00. The molecule has 3 heteroatoms. The zero-order valence-electron chi connectivity index (χ0n) is 8.46. The summed E-state index contributed by atoms with van der Waals surface area (Å²) in [5.41, 5.74) is -0.750. The summed E-state index contributed by atoms with van der Waals surface area (Å²) in [4.78, 5) is 0. The van der Waals surface area contributed by atoms with E-state index in [2.05, 4.69) is 0 Å². The quantitative estimate of drug-likeness (QED) is 0.661. The number of ether oxygens (including phenoxy) is 2. The van der Waals surface area contributed by atoms with E-state index in [4.69, 9.17) is 9.47 Å². The molecule has 0 saturated carbocycles. The molecule has 0 bridgehead atoms. The van der Waals surface area contributed by atoms with Crippen LogP contribution in [0, 0.1) is 0 Å². The lowest BCUT2D eigenvalue weighted by Gasteiger charge is -2.20. The Balaban J connectivity index is 3.37. The second kappa shape index (κ2) is 5.51. The van der Waals surface area contributed by atoms with Crippen LogP contribution in [0.1, 0.15) is 27.7 Å². The zero-order valence-corrected chi connectivity index (χ0v) is 8.46. The van der Waals surface area contributed by atoms with Crippen molar-refractivity contribution < 1.29 is 14.6 Å². The fourth-order valence-corrected chi connectivity index (χ4v) is 0.678. The van der Waals surface area contributed by atoms with E-state index < -0.39 is 5.60 Å². The Morgan fingerprint density at radius 2 is 2.00 bits per heavy atom. The summed E-state index contributed by atoms with van der Waals surface area (Å²) in [5, 5.41) is 9.33. The van der Waals surface area contributed by atoms with Gasteiger partial charge in [-0.1, -0.05) is 0 Å². The number of rotatable bonds is 6. The normalized spacial score (nSPS) is 14.8. The van der Waals surface area contributed by atoms with Crippen molar-refractivity contribution in [3.8, 4) is 0 Å². The molecule has 12 heavy (non-hydrogen) atoms. The smallest absolute Gasteiger partial charge is 0.0824 e. The molecule has 1 atom stereocenters. The minimum absolute atomic E-state index is 0.0522. The largest absolute Gasteiger partial charge is 0.388 e. The van der Waals surface area contributed by atoms with E-state index in [1.807, 2.05) is 13.8 Å². The Bertz CT molecular complexity index is 107. The Morgan fingerprint density at radius 3 is 2.42 bits per heavy atom. The first kappa shape index (κ1) is 11.9. The van der Waals surface area contributed by atoms with E-state index in [0.29, 0.717) is 19.8 Å². The summed E-state index contributed by atoms with van der Waals surface area (Å²) in [5.74, 6) is 0. The van der Waals surface area contributed by atoms with Gasteiger partial charge >= 0.3 is 0 Å². The molecule has 0 aromatic carbocycles. The van der Waals surface area contributed by atoms with Crippen LogP contribution in [0.25, 0.3) is 0 Å². The molecular formula is C9H20O3. The van der Waals surface area contributed by atoms with E-state index in [9.17, 15) is 5.11 Å². The van der Waals surface area contributed by atoms with Gasteiger partial charge in [-0.2, -0.15) is 0 Å². The summed E-state index contributed by atoms with van der Waals surface area (Å²) in [6.07, 6.45) is 0.0522. The first-order valence-electron chi connectivity index (χ1n) is 4.37. The van der Waals surface area contributed by atoms with Crippen LogP contribution in [0.4, 0.5) is 0 Å². The molecule has 0 radical (unpaired) electrons. The summed E-state index contributed by atoms with van der Waals surface area (Å²) >= 11 is 0. The number of aliphatic hydroxyl groups is 1. The van der Waals surface area contributed by atoms with Crippen LogP contribution in [-0.2, 0) is 9.47 Å². The maximum atomic E-state index is 9.33. The molecule has 0 aromatic heterocycles. The molecule has 74 valence electrons. The van der Waals surface area contributed by atoms with Gasteiger partial charge in [0, 0.05) is 6.61 Å². The van der Waals surface area contributed by atoms with Crippen molar-refractivity contribution in [3.63, 3.8) is 0 Å². The summed E-state index contributed by atoms with van der Waals surface area (Å²) < 4.78 is 10.5. The highest BCUT2D eigenvalue weighted by molar-refractivity contribution is 4.64. The average Bonchev–Trinajstić information content (AvgIpc) is 1.95. The maximum Gasteiger partial charge on any atom is 0.0824 e. The van der Waals surface area contributed by atoms with Crippen molar-refractivity contribution in [1.29, 1.82) is 0 Å². The Kier molecular flexibility index (Phi) is 5.46. The molecule has 1 unspecified atom stereocenters. The third-order valence-corrected chi connectivity index (χ3v) is 1.28. The van der Waals surface area contributed by atoms with Crippen LogP contribution in [-0.4, -0.2) is 36.6 Å². The van der Waals surface area contributed by atoms with Crippen molar-refractivity contribution in [2.75, 3.05) is 19.8 Å². The minimum Gasteiger partial charge on any atom is -0.388 e. The summed E-state index contributed by atoms with van der Waals surface area (Å²) in [6.45, 7) is 8.97. The van der Waals surface area contributed by atoms with Crippen molar-refractivity contribution >= 4 is 0 Å². The molecule has 0 aliphatic rings. The third kappa shape index (κ3) is 7.98. The zero-order chi connectivity index (χ0) is 9.61. The molecule has 0 aliphatic heterocycles. The van der Waals surface area contributed by atoms with E-state index in [-0.39, 0.29) is 6.10 Å². The van der Waals surface area contributed by atoms with Gasteiger partial charge in [0.1, 0.15) is 0 Å². The average molecular weight is 176 g/mol. The molecule has 0 spiro atoms. The third-order valence-electron chi connectivity index (χ3n) is 1.28.